The fraction of sp³-hybridized carbons (Fsp3) is 0.950. The molecule has 0 saturated carbocycles. The normalized spacial score (nSPS) is 11.0. The zero-order valence-electron chi connectivity index (χ0n) is 17.8. The Hall–Kier alpha value is 0.929. The summed E-state index contributed by atoms with van der Waals surface area (Å²) >= 11 is 8.14. The molecule has 6 heteroatoms. The van der Waals surface area contributed by atoms with E-state index in [0.717, 1.165) is 18.8 Å². The molecule has 0 fully saturated rings. The number of carbonyl (C=O) groups excluding carboxylic acids is 1. The van der Waals surface area contributed by atoms with E-state index < -0.39 is 5.44 Å². The summed E-state index contributed by atoms with van der Waals surface area (Å²) in [5, 5.41) is 7.87. The molecule has 0 bridgehead atoms. The van der Waals surface area contributed by atoms with Crippen molar-refractivity contribution >= 4 is 52.4 Å². The number of aliphatic hydroxyl groups is 1. The molecule has 0 aliphatic heterocycles. The van der Waals surface area contributed by atoms with E-state index >= 15 is 0 Å². The van der Waals surface area contributed by atoms with Crippen LogP contribution in [0, 0.1) is 5.92 Å². The van der Waals surface area contributed by atoms with Crippen molar-refractivity contribution in [3.05, 3.63) is 0 Å². The van der Waals surface area contributed by atoms with Crippen molar-refractivity contribution in [2.75, 3.05) is 12.4 Å². The summed E-state index contributed by atoms with van der Waals surface area (Å²) in [6.07, 6.45) is 10.5. The molecule has 0 aliphatic rings. The van der Waals surface area contributed by atoms with Gasteiger partial charge in [-0.1, -0.05) is 45.5 Å². The average molecular weight is 514 g/mol. The van der Waals surface area contributed by atoms with Crippen LogP contribution in [0.1, 0.15) is 86.0 Å². The van der Waals surface area contributed by atoms with Gasteiger partial charge in [-0.25, -0.2) is 0 Å². The Bertz CT molecular complexity index is 257. The number of aliphatic hydroxyl groups excluding tert-OH is 1. The number of rotatable bonds is 13. The zero-order chi connectivity index (χ0) is 20.6. The summed E-state index contributed by atoms with van der Waals surface area (Å²) in [7, 11) is 0. The van der Waals surface area contributed by atoms with Crippen molar-refractivity contribution < 1.29 is 14.6 Å². The Morgan fingerprint density at radius 1 is 1.04 bits per heavy atom. The molecule has 0 rings (SSSR count). The first-order chi connectivity index (χ1) is 12.3. The maximum absolute atomic E-state index is 10.7. The summed E-state index contributed by atoms with van der Waals surface area (Å²) in [5.41, 5.74) is -0.583. The predicted molar refractivity (Wildman–Crippen MR) is 122 cm³/mol. The molecule has 1 radical (unpaired) electrons. The van der Waals surface area contributed by atoms with E-state index in [1.54, 1.807) is 8.87 Å². The van der Waals surface area contributed by atoms with Gasteiger partial charge in [-0.2, -0.15) is 12.6 Å². The fourth-order valence-electron chi connectivity index (χ4n) is 1.79. The van der Waals surface area contributed by atoms with Gasteiger partial charge >= 0.3 is 75.5 Å². The van der Waals surface area contributed by atoms with Gasteiger partial charge in [0, 0.05) is 0 Å². The first-order valence-electron chi connectivity index (χ1n) is 10.1. The van der Waals surface area contributed by atoms with E-state index in [4.69, 9.17) is 9.84 Å². The maximum atomic E-state index is 10.7. The van der Waals surface area contributed by atoms with Crippen molar-refractivity contribution in [1.29, 1.82) is 0 Å². The number of carbonyl (C=O) groups is 1. The third kappa shape index (κ3) is 44.4. The minimum atomic E-state index is -0.583. The van der Waals surface area contributed by atoms with Crippen molar-refractivity contribution in [1.82, 2.24) is 0 Å². The van der Waals surface area contributed by atoms with Gasteiger partial charge in [0.05, 0.1) is 12.4 Å². The molecule has 1 N–H and O–H groups in total. The number of unbranched alkanes of at least 4 members (excludes halogenated alkanes) is 4. The van der Waals surface area contributed by atoms with Crippen LogP contribution in [0.25, 0.3) is 0 Å². The summed E-state index contributed by atoms with van der Waals surface area (Å²) in [6.45, 7) is 11.1. The van der Waals surface area contributed by atoms with Gasteiger partial charge in [-0.3, -0.25) is 4.79 Å². The quantitative estimate of drug-likeness (QED) is 0.109. The second-order valence-corrected chi connectivity index (χ2v) is 12.0. The van der Waals surface area contributed by atoms with Crippen LogP contribution in [0.4, 0.5) is 0 Å². The molecule has 3 nitrogen and oxygen atoms in total. The van der Waals surface area contributed by atoms with E-state index in [1.165, 1.54) is 45.4 Å². The van der Waals surface area contributed by atoms with Crippen molar-refractivity contribution in [3.8, 4) is 0 Å². The van der Waals surface area contributed by atoms with Crippen LogP contribution >= 0.6 is 12.6 Å². The van der Waals surface area contributed by atoms with Crippen LogP contribution in [-0.2, 0) is 22.2 Å². The van der Waals surface area contributed by atoms with Gasteiger partial charge in [0.2, 0.25) is 0 Å². The number of hydrogen-bond donors (Lipinski definition) is 2. The van der Waals surface area contributed by atoms with Gasteiger partial charge in [-0.15, -0.1) is 0 Å². The summed E-state index contributed by atoms with van der Waals surface area (Å²) in [6, 6.07) is 0. The third-order valence-electron chi connectivity index (χ3n) is 3.23. The zero-order valence-corrected chi connectivity index (χ0v) is 22.3. The Morgan fingerprint density at radius 2 is 1.54 bits per heavy atom. The number of ether oxygens (including phenoxy) is 1. The van der Waals surface area contributed by atoms with Crippen LogP contribution < -0.4 is 0 Å². The fourth-order valence-corrected chi connectivity index (χ4v) is 6.04. The monoisotopic (exact) mass is 515 g/mol. The van der Waals surface area contributed by atoms with Gasteiger partial charge in [-0.05, 0) is 12.3 Å². The second-order valence-electron chi connectivity index (χ2n) is 6.68. The third-order valence-corrected chi connectivity index (χ3v) is 7.53. The molecule has 0 heterocycles. The molecule has 0 spiro atoms. The number of esters is 1. The molecule has 0 aliphatic carbocycles. The van der Waals surface area contributed by atoms with Crippen molar-refractivity contribution in [3.63, 3.8) is 0 Å². The Balaban J connectivity index is -0.000000352. The molecule has 0 aromatic rings. The minimum absolute atomic E-state index is 0.149. The van der Waals surface area contributed by atoms with Gasteiger partial charge in [0.15, 0.2) is 0 Å². The van der Waals surface area contributed by atoms with Gasteiger partial charge in [0.25, 0.3) is 0 Å². The molecular weight excluding hydrogens is 471 g/mol. The number of thiol groups is 1. The Labute approximate surface area is 184 Å². The van der Waals surface area contributed by atoms with Crippen molar-refractivity contribution in [2.24, 2.45) is 5.92 Å². The Kier molecular flexibility index (Phi) is 34.2. The molecule has 0 aromatic carbocycles. The van der Waals surface area contributed by atoms with E-state index in [9.17, 15) is 4.79 Å². The summed E-state index contributed by atoms with van der Waals surface area (Å²) in [5.74, 6) is 0.749. The number of hydrogen-bond acceptors (Lipinski definition) is 5. The SMILES string of the molecule is CC(C)CCCCCOC(=O)CS.CC(O)[S-].CCC[CH2][Sn+][CH2]CCC. The van der Waals surface area contributed by atoms with Crippen molar-refractivity contribution in [2.45, 2.75) is 100 Å². The van der Waals surface area contributed by atoms with Crippen LogP contribution in [0.3, 0.4) is 0 Å². The predicted octanol–water partition coefficient (Wildman–Crippen LogP) is 5.67. The summed E-state index contributed by atoms with van der Waals surface area (Å²) < 4.78 is 8.13. The summed E-state index contributed by atoms with van der Waals surface area (Å²) in [4.78, 5) is 10.7. The van der Waals surface area contributed by atoms with E-state index in [1.807, 2.05) is 0 Å². The molecule has 26 heavy (non-hydrogen) atoms. The molecule has 0 amide bonds. The van der Waals surface area contributed by atoms with Crippen LogP contribution in [0.2, 0.25) is 8.87 Å². The Morgan fingerprint density at radius 3 is 1.92 bits per heavy atom. The van der Waals surface area contributed by atoms with E-state index in [-0.39, 0.29) is 32.9 Å². The first kappa shape index (κ1) is 31.6. The molecular formula is C20H43O3S2Sn. The van der Waals surface area contributed by atoms with Crippen LogP contribution in [0.15, 0.2) is 0 Å². The molecule has 1 atom stereocenters. The van der Waals surface area contributed by atoms with E-state index in [0.29, 0.717) is 6.61 Å². The molecule has 0 saturated heterocycles. The van der Waals surface area contributed by atoms with Gasteiger partial charge in [0.1, 0.15) is 0 Å². The second kappa shape index (κ2) is 28.1. The van der Waals surface area contributed by atoms with E-state index in [2.05, 4.69) is 53.0 Å². The topological polar surface area (TPSA) is 46.5 Å². The van der Waals surface area contributed by atoms with Crippen LogP contribution in [-0.4, -0.2) is 50.0 Å². The van der Waals surface area contributed by atoms with Crippen LogP contribution in [0.5, 0.6) is 0 Å². The molecule has 157 valence electrons. The van der Waals surface area contributed by atoms with Gasteiger partial charge < -0.3 is 22.5 Å². The average Bonchev–Trinajstić information content (AvgIpc) is 2.57. The first-order valence-corrected chi connectivity index (χ1v) is 15.3. The molecule has 1 unspecified atom stereocenters. The molecule has 0 aromatic heterocycles. The standard InChI is InChI=1S/C10H20O2S.2C4H9.C2H6OS.Sn/c1-9(2)6-4-3-5-7-12-10(11)8-13;2*1-3-4-2;1-2(3)4;/h9,13H,3-8H2,1-2H3;2*1,3-4H2,2H3;2-4H,1H3;/q;;;;+1/p-1.